The third-order valence-electron chi connectivity index (χ3n) is 2.54. The van der Waals surface area contributed by atoms with Crippen LogP contribution in [0.4, 0.5) is 0 Å². The Morgan fingerprint density at radius 1 is 1.28 bits per heavy atom. The quantitative estimate of drug-likeness (QED) is 0.463. The SMILES string of the molecule is C=C/C=C(\C=C)NC(=O)C1(C(=O)OC)CC1.CC. The molecule has 100 valence electrons. The predicted octanol–water partition coefficient (Wildman–Crippen LogP) is 2.34. The van der Waals surface area contributed by atoms with Gasteiger partial charge in [0.1, 0.15) is 5.41 Å². The lowest BCUT2D eigenvalue weighted by atomic mass is 10.1. The summed E-state index contributed by atoms with van der Waals surface area (Å²) in [5.74, 6) is -0.820. The van der Waals surface area contributed by atoms with Gasteiger partial charge >= 0.3 is 5.97 Å². The van der Waals surface area contributed by atoms with Crippen molar-refractivity contribution in [2.45, 2.75) is 26.7 Å². The fraction of sp³-hybridized carbons (Fsp3) is 0.429. The second-order valence-corrected chi connectivity index (χ2v) is 3.59. The van der Waals surface area contributed by atoms with Gasteiger partial charge in [-0.15, -0.1) is 0 Å². The van der Waals surface area contributed by atoms with E-state index >= 15 is 0 Å². The van der Waals surface area contributed by atoms with Crippen molar-refractivity contribution in [2.24, 2.45) is 5.41 Å². The maximum Gasteiger partial charge on any atom is 0.321 e. The lowest BCUT2D eigenvalue weighted by molar-refractivity contribution is -0.151. The number of ether oxygens (including phenoxy) is 1. The number of hydrogen-bond acceptors (Lipinski definition) is 3. The number of methoxy groups -OCH3 is 1. The summed E-state index contributed by atoms with van der Waals surface area (Å²) in [4.78, 5) is 23.3. The first-order valence-electron chi connectivity index (χ1n) is 5.95. The van der Waals surface area contributed by atoms with Crippen molar-refractivity contribution in [2.75, 3.05) is 7.11 Å². The van der Waals surface area contributed by atoms with Crippen LogP contribution in [0.15, 0.2) is 37.1 Å². The van der Waals surface area contributed by atoms with E-state index in [1.807, 2.05) is 13.8 Å². The predicted molar refractivity (Wildman–Crippen MR) is 71.7 cm³/mol. The van der Waals surface area contributed by atoms with Gasteiger partial charge in [-0.3, -0.25) is 9.59 Å². The molecule has 0 bridgehead atoms. The summed E-state index contributed by atoms with van der Waals surface area (Å²) in [6, 6.07) is 0. The largest absolute Gasteiger partial charge is 0.468 e. The van der Waals surface area contributed by atoms with E-state index in [9.17, 15) is 9.59 Å². The molecule has 0 heterocycles. The third kappa shape index (κ3) is 3.58. The molecule has 0 aromatic carbocycles. The van der Waals surface area contributed by atoms with Gasteiger partial charge in [0.15, 0.2) is 0 Å². The first kappa shape index (κ1) is 16.2. The summed E-state index contributed by atoms with van der Waals surface area (Å²) in [5.41, 5.74) is -0.465. The van der Waals surface area contributed by atoms with E-state index in [1.165, 1.54) is 19.3 Å². The van der Waals surface area contributed by atoms with Gasteiger partial charge in [0, 0.05) is 5.70 Å². The smallest absolute Gasteiger partial charge is 0.321 e. The van der Waals surface area contributed by atoms with E-state index in [0.717, 1.165) is 0 Å². The standard InChI is InChI=1S/C12H15NO3.C2H6/c1-4-6-9(5-2)13-10(14)12(7-8-12)11(15)16-3;1-2/h4-6H,1-2,7-8H2,3H3,(H,13,14);1-2H3/b9-6+;. The number of nitrogens with one attached hydrogen (secondary N) is 1. The van der Waals surface area contributed by atoms with Crippen molar-refractivity contribution in [3.8, 4) is 0 Å². The zero-order chi connectivity index (χ0) is 14.2. The molecule has 1 amide bonds. The van der Waals surface area contributed by atoms with Gasteiger partial charge in [-0.2, -0.15) is 0 Å². The van der Waals surface area contributed by atoms with E-state index in [-0.39, 0.29) is 5.91 Å². The maximum atomic E-state index is 11.8. The Hall–Kier alpha value is -1.84. The van der Waals surface area contributed by atoms with Crippen molar-refractivity contribution in [1.29, 1.82) is 0 Å². The Bertz CT molecular complexity index is 365. The van der Waals surface area contributed by atoms with Gasteiger partial charge in [0.05, 0.1) is 7.11 Å². The number of hydrogen-bond donors (Lipinski definition) is 1. The van der Waals surface area contributed by atoms with Crippen molar-refractivity contribution in [1.82, 2.24) is 5.32 Å². The van der Waals surface area contributed by atoms with Crippen LogP contribution < -0.4 is 5.32 Å². The highest BCUT2D eigenvalue weighted by Gasteiger charge is 2.57. The zero-order valence-corrected chi connectivity index (χ0v) is 11.3. The van der Waals surface area contributed by atoms with Crippen LogP contribution in [-0.2, 0) is 14.3 Å². The summed E-state index contributed by atoms with van der Waals surface area (Å²) in [6.07, 6.45) is 5.70. The number of carbonyl (C=O) groups excluding carboxylic acids is 2. The van der Waals surface area contributed by atoms with Gasteiger partial charge < -0.3 is 10.1 Å². The number of rotatable bonds is 5. The monoisotopic (exact) mass is 251 g/mol. The Morgan fingerprint density at radius 3 is 2.17 bits per heavy atom. The third-order valence-corrected chi connectivity index (χ3v) is 2.54. The molecule has 18 heavy (non-hydrogen) atoms. The van der Waals surface area contributed by atoms with Crippen LogP contribution in [0.2, 0.25) is 0 Å². The maximum absolute atomic E-state index is 11.8. The first-order chi connectivity index (χ1) is 8.60. The average molecular weight is 251 g/mol. The summed E-state index contributed by atoms with van der Waals surface area (Å²) in [5, 5.41) is 2.62. The van der Waals surface area contributed by atoms with Crippen LogP contribution in [0.1, 0.15) is 26.7 Å². The summed E-state index contributed by atoms with van der Waals surface area (Å²) >= 11 is 0. The molecule has 1 N–H and O–H groups in total. The van der Waals surface area contributed by atoms with Gasteiger partial charge in [0.2, 0.25) is 5.91 Å². The molecule has 0 aliphatic heterocycles. The molecule has 0 aromatic heterocycles. The highest BCUT2D eigenvalue weighted by Crippen LogP contribution is 2.47. The van der Waals surface area contributed by atoms with Gasteiger partial charge in [0.25, 0.3) is 0 Å². The fourth-order valence-electron chi connectivity index (χ4n) is 1.38. The number of allylic oxidation sites excluding steroid dienone is 3. The molecule has 0 spiro atoms. The number of amides is 1. The van der Waals surface area contributed by atoms with Gasteiger partial charge in [-0.05, 0) is 25.0 Å². The minimum Gasteiger partial charge on any atom is -0.468 e. The molecular formula is C14H21NO3. The fourth-order valence-corrected chi connectivity index (χ4v) is 1.38. The summed E-state index contributed by atoms with van der Waals surface area (Å²) in [6.45, 7) is 11.1. The Kier molecular flexibility index (Phi) is 6.71. The molecule has 0 unspecified atom stereocenters. The van der Waals surface area contributed by atoms with Crippen LogP contribution >= 0.6 is 0 Å². The lowest BCUT2D eigenvalue weighted by Crippen LogP contribution is -2.36. The van der Waals surface area contributed by atoms with Crippen LogP contribution in [0.3, 0.4) is 0 Å². The normalized spacial score (nSPS) is 15.6. The lowest BCUT2D eigenvalue weighted by Gasteiger charge is -2.13. The second-order valence-electron chi connectivity index (χ2n) is 3.59. The molecule has 4 heteroatoms. The zero-order valence-electron chi connectivity index (χ0n) is 11.3. The van der Waals surface area contributed by atoms with E-state index < -0.39 is 11.4 Å². The van der Waals surface area contributed by atoms with E-state index in [1.54, 1.807) is 6.08 Å². The number of esters is 1. The van der Waals surface area contributed by atoms with Gasteiger partial charge in [-0.1, -0.05) is 33.1 Å². The molecule has 1 aliphatic carbocycles. The first-order valence-corrected chi connectivity index (χ1v) is 5.95. The van der Waals surface area contributed by atoms with Crippen molar-refractivity contribution < 1.29 is 14.3 Å². The molecule has 0 saturated heterocycles. The van der Waals surface area contributed by atoms with Crippen LogP contribution in [-0.4, -0.2) is 19.0 Å². The molecule has 1 saturated carbocycles. The van der Waals surface area contributed by atoms with Crippen molar-refractivity contribution in [3.05, 3.63) is 37.1 Å². The number of carbonyl (C=O) groups is 2. The second kappa shape index (κ2) is 7.48. The minimum absolute atomic E-state index is 0.340. The summed E-state index contributed by atoms with van der Waals surface area (Å²) in [7, 11) is 1.28. The Labute approximate surface area is 108 Å². The van der Waals surface area contributed by atoms with E-state index in [0.29, 0.717) is 18.5 Å². The highest BCUT2D eigenvalue weighted by atomic mass is 16.5. The molecule has 1 fully saturated rings. The molecule has 0 radical (unpaired) electrons. The summed E-state index contributed by atoms with van der Waals surface area (Å²) < 4.78 is 4.61. The van der Waals surface area contributed by atoms with Gasteiger partial charge in [-0.25, -0.2) is 0 Å². The highest BCUT2D eigenvalue weighted by molar-refractivity contribution is 6.06. The Morgan fingerprint density at radius 2 is 1.83 bits per heavy atom. The van der Waals surface area contributed by atoms with Crippen molar-refractivity contribution in [3.63, 3.8) is 0 Å². The van der Waals surface area contributed by atoms with E-state index in [2.05, 4.69) is 23.2 Å². The molecule has 0 aromatic rings. The van der Waals surface area contributed by atoms with Crippen LogP contribution in [0, 0.1) is 5.41 Å². The van der Waals surface area contributed by atoms with Crippen LogP contribution in [0.5, 0.6) is 0 Å². The molecule has 0 atom stereocenters. The molecule has 1 rings (SSSR count). The molecule has 1 aliphatic rings. The molecule has 4 nitrogen and oxygen atoms in total. The Balaban J connectivity index is 0.00000137. The van der Waals surface area contributed by atoms with Crippen LogP contribution in [0.25, 0.3) is 0 Å². The van der Waals surface area contributed by atoms with Crippen molar-refractivity contribution >= 4 is 11.9 Å². The average Bonchev–Trinajstić information content (AvgIpc) is 3.21. The van der Waals surface area contributed by atoms with E-state index in [4.69, 9.17) is 0 Å². The molecular weight excluding hydrogens is 230 g/mol. The topological polar surface area (TPSA) is 55.4 Å². The minimum atomic E-state index is -0.988.